The van der Waals surface area contributed by atoms with E-state index in [1.165, 1.54) is 5.56 Å². The number of aliphatic imine (C=N–C) groups is 1. The van der Waals surface area contributed by atoms with Crippen LogP contribution >= 0.6 is 24.0 Å². The molecule has 0 heterocycles. The third-order valence-corrected chi connectivity index (χ3v) is 4.83. The van der Waals surface area contributed by atoms with Crippen LogP contribution in [0, 0.1) is 0 Å². The Hall–Kier alpha value is -2.16. The molecule has 0 amide bonds. The van der Waals surface area contributed by atoms with Crippen LogP contribution in [0.15, 0.2) is 47.5 Å². The number of hydrogen-bond donors (Lipinski definition) is 2. The van der Waals surface area contributed by atoms with Gasteiger partial charge in [-0.05, 0) is 36.6 Å². The highest BCUT2D eigenvalue weighted by Gasteiger charge is 2.38. The highest BCUT2D eigenvalue weighted by atomic mass is 127. The number of nitrogens with one attached hydrogen (secondary N) is 2. The quantitative estimate of drug-likeness (QED) is 0.320. The van der Waals surface area contributed by atoms with Crippen LogP contribution in [0.3, 0.4) is 0 Å². The average molecular weight is 511 g/mol. The topological polar surface area (TPSA) is 64.1 Å². The molecule has 1 saturated carbocycles. The predicted octanol–water partition coefficient (Wildman–Crippen LogP) is 3.94. The molecule has 29 heavy (non-hydrogen) atoms. The maximum absolute atomic E-state index is 5.43. The minimum atomic E-state index is 0. The minimum absolute atomic E-state index is 0. The Bertz CT molecular complexity index is 789. The maximum atomic E-state index is 5.43. The lowest BCUT2D eigenvalue weighted by atomic mass is 10.1. The van der Waals surface area contributed by atoms with E-state index in [2.05, 4.69) is 47.9 Å². The van der Waals surface area contributed by atoms with Crippen molar-refractivity contribution in [2.75, 3.05) is 27.9 Å². The summed E-state index contributed by atoms with van der Waals surface area (Å²) in [7, 11) is 4.84. The van der Waals surface area contributed by atoms with Crippen molar-refractivity contribution in [3.63, 3.8) is 0 Å². The number of halogens is 1. The van der Waals surface area contributed by atoms with E-state index in [1.807, 2.05) is 12.1 Å². The monoisotopic (exact) mass is 511 g/mol. The van der Waals surface area contributed by atoms with Crippen LogP contribution in [-0.4, -0.2) is 39.9 Å². The van der Waals surface area contributed by atoms with Gasteiger partial charge in [0.15, 0.2) is 17.5 Å². The first-order valence-electron chi connectivity index (χ1n) is 9.58. The molecule has 1 fully saturated rings. The second kappa shape index (κ2) is 11.1. The van der Waals surface area contributed by atoms with E-state index in [0.717, 1.165) is 24.5 Å². The van der Waals surface area contributed by atoms with Crippen molar-refractivity contribution in [3.8, 4) is 17.2 Å². The molecule has 0 aromatic heterocycles. The summed E-state index contributed by atoms with van der Waals surface area (Å²) in [6, 6.07) is 14.9. The Labute approximate surface area is 190 Å². The minimum Gasteiger partial charge on any atom is -0.493 e. The Kier molecular flexibility index (Phi) is 8.88. The highest BCUT2D eigenvalue weighted by molar-refractivity contribution is 14.0. The second-order valence-electron chi connectivity index (χ2n) is 6.73. The molecule has 7 heteroatoms. The van der Waals surface area contributed by atoms with Crippen LogP contribution in [0.5, 0.6) is 17.2 Å². The van der Waals surface area contributed by atoms with Gasteiger partial charge in [0.25, 0.3) is 0 Å². The molecule has 2 atom stereocenters. The standard InChI is InChI=1S/C22H29N3O3.HI/c1-5-23-22(25-18-13-17(18)16-9-7-6-8-10-16)24-14-15-11-19(26-2)21(28-4)20(12-15)27-3;/h6-12,17-18H,5,13-14H2,1-4H3,(H2,23,24,25);1H. The molecule has 2 unspecified atom stereocenters. The van der Waals surface area contributed by atoms with Crippen molar-refractivity contribution >= 4 is 29.9 Å². The largest absolute Gasteiger partial charge is 0.493 e. The third kappa shape index (κ3) is 5.91. The van der Waals surface area contributed by atoms with Gasteiger partial charge in [-0.2, -0.15) is 0 Å². The first-order valence-corrected chi connectivity index (χ1v) is 9.58. The van der Waals surface area contributed by atoms with Gasteiger partial charge in [-0.25, -0.2) is 4.99 Å². The smallest absolute Gasteiger partial charge is 0.203 e. The molecule has 0 bridgehead atoms. The zero-order valence-electron chi connectivity index (χ0n) is 17.4. The summed E-state index contributed by atoms with van der Waals surface area (Å²) in [4.78, 5) is 4.74. The SMILES string of the molecule is CCNC(=NCc1cc(OC)c(OC)c(OC)c1)NC1CC1c1ccccc1.I. The van der Waals surface area contributed by atoms with Gasteiger partial charge in [-0.3, -0.25) is 0 Å². The van der Waals surface area contributed by atoms with E-state index in [0.29, 0.717) is 35.8 Å². The van der Waals surface area contributed by atoms with Gasteiger partial charge in [-0.1, -0.05) is 30.3 Å². The number of methoxy groups -OCH3 is 3. The number of hydrogen-bond acceptors (Lipinski definition) is 4. The molecule has 0 saturated heterocycles. The van der Waals surface area contributed by atoms with E-state index < -0.39 is 0 Å². The molecular formula is C22H30IN3O3. The zero-order chi connectivity index (χ0) is 19.9. The summed E-state index contributed by atoms with van der Waals surface area (Å²) in [6.45, 7) is 3.39. The number of guanidine groups is 1. The van der Waals surface area contributed by atoms with Crippen molar-refractivity contribution in [1.82, 2.24) is 10.6 Å². The molecule has 2 N–H and O–H groups in total. The van der Waals surface area contributed by atoms with E-state index in [4.69, 9.17) is 19.2 Å². The molecule has 158 valence electrons. The molecule has 0 spiro atoms. The number of rotatable bonds is 8. The van der Waals surface area contributed by atoms with Crippen LogP contribution in [0.2, 0.25) is 0 Å². The fourth-order valence-corrected chi connectivity index (χ4v) is 3.32. The Balaban J connectivity index is 0.00000300. The zero-order valence-corrected chi connectivity index (χ0v) is 19.7. The van der Waals surface area contributed by atoms with Crippen molar-refractivity contribution in [2.45, 2.75) is 31.8 Å². The Morgan fingerprint density at radius 2 is 1.69 bits per heavy atom. The van der Waals surface area contributed by atoms with E-state index in [9.17, 15) is 0 Å². The number of benzene rings is 2. The number of ether oxygens (including phenoxy) is 3. The average Bonchev–Trinajstić information content (AvgIpc) is 3.51. The predicted molar refractivity (Wildman–Crippen MR) is 127 cm³/mol. The summed E-state index contributed by atoms with van der Waals surface area (Å²) >= 11 is 0. The van der Waals surface area contributed by atoms with Gasteiger partial charge < -0.3 is 24.8 Å². The van der Waals surface area contributed by atoms with Gasteiger partial charge in [0.05, 0.1) is 27.9 Å². The maximum Gasteiger partial charge on any atom is 0.203 e. The molecule has 2 aromatic rings. The third-order valence-electron chi connectivity index (χ3n) is 4.83. The van der Waals surface area contributed by atoms with Crippen LogP contribution in [-0.2, 0) is 6.54 Å². The first kappa shape index (κ1) is 23.1. The van der Waals surface area contributed by atoms with Gasteiger partial charge >= 0.3 is 0 Å². The summed E-state index contributed by atoms with van der Waals surface area (Å²) in [5.41, 5.74) is 2.36. The van der Waals surface area contributed by atoms with Gasteiger partial charge in [0.1, 0.15) is 0 Å². The summed E-state index contributed by atoms with van der Waals surface area (Å²) in [5.74, 6) is 3.23. The lowest BCUT2D eigenvalue weighted by Crippen LogP contribution is -2.39. The molecule has 0 radical (unpaired) electrons. The summed E-state index contributed by atoms with van der Waals surface area (Å²) in [6.07, 6.45) is 1.12. The Morgan fingerprint density at radius 1 is 1.03 bits per heavy atom. The van der Waals surface area contributed by atoms with Crippen molar-refractivity contribution in [3.05, 3.63) is 53.6 Å². The van der Waals surface area contributed by atoms with E-state index in [1.54, 1.807) is 21.3 Å². The number of nitrogens with zero attached hydrogens (tertiary/aromatic N) is 1. The normalized spacial score (nSPS) is 17.7. The van der Waals surface area contributed by atoms with Crippen LogP contribution in [0.1, 0.15) is 30.4 Å². The van der Waals surface area contributed by atoms with Crippen LogP contribution in [0.4, 0.5) is 0 Å². The fraction of sp³-hybridized carbons (Fsp3) is 0.409. The Morgan fingerprint density at radius 3 is 2.24 bits per heavy atom. The van der Waals surface area contributed by atoms with E-state index >= 15 is 0 Å². The summed E-state index contributed by atoms with van der Waals surface area (Å²) in [5, 5.41) is 6.87. The first-order chi connectivity index (χ1) is 13.7. The van der Waals surface area contributed by atoms with Crippen molar-refractivity contribution in [1.29, 1.82) is 0 Å². The highest BCUT2D eigenvalue weighted by Crippen LogP contribution is 2.40. The molecule has 1 aliphatic carbocycles. The van der Waals surface area contributed by atoms with Gasteiger partial charge in [0, 0.05) is 18.5 Å². The van der Waals surface area contributed by atoms with E-state index in [-0.39, 0.29) is 24.0 Å². The lowest BCUT2D eigenvalue weighted by molar-refractivity contribution is 0.324. The molecule has 1 aliphatic rings. The fourth-order valence-electron chi connectivity index (χ4n) is 3.32. The lowest BCUT2D eigenvalue weighted by Gasteiger charge is -2.14. The van der Waals surface area contributed by atoms with Crippen LogP contribution < -0.4 is 24.8 Å². The molecule has 2 aromatic carbocycles. The van der Waals surface area contributed by atoms with Crippen LogP contribution in [0.25, 0.3) is 0 Å². The van der Waals surface area contributed by atoms with Gasteiger partial charge in [-0.15, -0.1) is 24.0 Å². The summed E-state index contributed by atoms with van der Waals surface area (Å²) < 4.78 is 16.2. The molecular weight excluding hydrogens is 481 g/mol. The van der Waals surface area contributed by atoms with Gasteiger partial charge in [0.2, 0.25) is 5.75 Å². The van der Waals surface area contributed by atoms with Crippen molar-refractivity contribution < 1.29 is 14.2 Å². The van der Waals surface area contributed by atoms with Crippen molar-refractivity contribution in [2.24, 2.45) is 4.99 Å². The molecule has 6 nitrogen and oxygen atoms in total. The molecule has 0 aliphatic heterocycles. The second-order valence-corrected chi connectivity index (χ2v) is 6.73. The molecule has 3 rings (SSSR count).